The van der Waals surface area contributed by atoms with Gasteiger partial charge in [-0.05, 0) is 46.9 Å². The second-order valence-corrected chi connectivity index (χ2v) is 10.2. The van der Waals surface area contributed by atoms with Crippen molar-refractivity contribution < 1.29 is 27.7 Å². The van der Waals surface area contributed by atoms with Gasteiger partial charge in [-0.25, -0.2) is 18.2 Å². The molecule has 0 spiro atoms. The van der Waals surface area contributed by atoms with E-state index in [2.05, 4.69) is 10.3 Å². The van der Waals surface area contributed by atoms with Gasteiger partial charge in [0.15, 0.2) is 11.7 Å². The van der Waals surface area contributed by atoms with Crippen molar-refractivity contribution in [2.75, 3.05) is 11.9 Å². The standard InChI is InChI=1S/C18H12IN3O7S2/c19-14-4-2-1-3-13(14)17(24)29-10-15(23)21-18-20-9-16(30-18)31(27,28)12-7-5-11(6-8-12)22(25)26/h1-9H,10H2,(H,20,21,23). The molecule has 1 aromatic heterocycles. The van der Waals surface area contributed by atoms with Crippen molar-refractivity contribution in [1.29, 1.82) is 0 Å². The lowest BCUT2D eigenvalue weighted by Gasteiger charge is -2.06. The van der Waals surface area contributed by atoms with Crippen LogP contribution >= 0.6 is 33.9 Å². The molecular weight excluding hydrogens is 561 g/mol. The predicted molar refractivity (Wildman–Crippen MR) is 119 cm³/mol. The Morgan fingerprint density at radius 2 is 1.84 bits per heavy atom. The first-order chi connectivity index (χ1) is 14.7. The summed E-state index contributed by atoms with van der Waals surface area (Å²) in [4.78, 5) is 37.8. The average molecular weight is 573 g/mol. The number of ether oxygens (including phenoxy) is 1. The Hall–Kier alpha value is -2.91. The van der Waals surface area contributed by atoms with Gasteiger partial charge in [-0.1, -0.05) is 23.5 Å². The molecule has 0 aliphatic rings. The average Bonchev–Trinajstić information content (AvgIpc) is 3.21. The molecule has 0 saturated carbocycles. The van der Waals surface area contributed by atoms with Gasteiger partial charge in [-0.3, -0.25) is 20.2 Å². The van der Waals surface area contributed by atoms with E-state index in [1.807, 2.05) is 22.6 Å². The second kappa shape index (κ2) is 9.49. The summed E-state index contributed by atoms with van der Waals surface area (Å²) in [5, 5.41) is 13.1. The highest BCUT2D eigenvalue weighted by atomic mass is 127. The van der Waals surface area contributed by atoms with Gasteiger partial charge >= 0.3 is 5.97 Å². The van der Waals surface area contributed by atoms with Gasteiger partial charge in [-0.15, -0.1) is 0 Å². The molecule has 31 heavy (non-hydrogen) atoms. The molecule has 160 valence electrons. The number of carbonyl (C=O) groups excluding carboxylic acids is 2. The molecule has 0 bridgehead atoms. The van der Waals surface area contributed by atoms with Gasteiger partial charge in [0, 0.05) is 15.7 Å². The monoisotopic (exact) mass is 573 g/mol. The number of halogens is 1. The number of carbonyl (C=O) groups is 2. The number of amides is 1. The number of sulfone groups is 1. The molecule has 2 aromatic carbocycles. The SMILES string of the molecule is O=C(COC(=O)c1ccccc1I)Nc1ncc(S(=O)(=O)c2ccc([N+](=O)[O-])cc2)s1. The van der Waals surface area contributed by atoms with Crippen molar-refractivity contribution in [2.45, 2.75) is 9.10 Å². The summed E-state index contributed by atoms with van der Waals surface area (Å²) in [6.07, 6.45) is 1.06. The molecule has 3 aromatic rings. The van der Waals surface area contributed by atoms with E-state index in [9.17, 15) is 28.1 Å². The number of hydrogen-bond acceptors (Lipinski definition) is 9. The molecule has 0 saturated heterocycles. The summed E-state index contributed by atoms with van der Waals surface area (Å²) in [6, 6.07) is 11.1. The second-order valence-electron chi connectivity index (χ2n) is 5.84. The molecule has 10 nitrogen and oxygen atoms in total. The van der Waals surface area contributed by atoms with E-state index >= 15 is 0 Å². The normalized spacial score (nSPS) is 11.0. The molecule has 0 aliphatic carbocycles. The number of nitrogens with zero attached hydrogens (tertiary/aromatic N) is 2. The highest BCUT2D eigenvalue weighted by Crippen LogP contribution is 2.29. The minimum absolute atomic E-state index is 0.00386. The van der Waals surface area contributed by atoms with Crippen molar-refractivity contribution in [3.05, 3.63) is 74.0 Å². The number of esters is 1. The van der Waals surface area contributed by atoms with Crippen LogP contribution in [0.5, 0.6) is 0 Å². The maximum absolute atomic E-state index is 12.6. The van der Waals surface area contributed by atoms with Crippen LogP contribution in [-0.2, 0) is 19.4 Å². The Morgan fingerprint density at radius 1 is 1.16 bits per heavy atom. The first-order valence-electron chi connectivity index (χ1n) is 8.35. The van der Waals surface area contributed by atoms with Gasteiger partial charge in [0.25, 0.3) is 11.6 Å². The number of aromatic nitrogens is 1. The maximum Gasteiger partial charge on any atom is 0.339 e. The van der Waals surface area contributed by atoms with Crippen molar-refractivity contribution in [3.8, 4) is 0 Å². The molecule has 1 heterocycles. The minimum Gasteiger partial charge on any atom is -0.452 e. The molecule has 1 N–H and O–H groups in total. The third-order valence-electron chi connectivity index (χ3n) is 3.78. The number of nitrogens with one attached hydrogen (secondary N) is 1. The van der Waals surface area contributed by atoms with Crippen LogP contribution in [0.3, 0.4) is 0 Å². The van der Waals surface area contributed by atoms with Crippen molar-refractivity contribution in [3.63, 3.8) is 0 Å². The van der Waals surface area contributed by atoms with E-state index in [0.717, 1.165) is 30.5 Å². The van der Waals surface area contributed by atoms with Crippen molar-refractivity contribution >= 4 is 66.5 Å². The Morgan fingerprint density at radius 3 is 2.48 bits per heavy atom. The Balaban J connectivity index is 1.63. The molecule has 1 amide bonds. The molecule has 0 atom stereocenters. The van der Waals surface area contributed by atoms with Crippen LogP contribution in [0.25, 0.3) is 0 Å². The molecule has 0 aliphatic heterocycles. The number of benzene rings is 2. The highest BCUT2D eigenvalue weighted by Gasteiger charge is 2.22. The third-order valence-corrected chi connectivity index (χ3v) is 7.87. The van der Waals surface area contributed by atoms with Gasteiger partial charge in [0.2, 0.25) is 9.84 Å². The predicted octanol–water partition coefficient (Wildman–Crippen LogP) is 3.28. The van der Waals surface area contributed by atoms with Crippen LogP contribution in [0.2, 0.25) is 0 Å². The number of rotatable bonds is 7. The van der Waals surface area contributed by atoms with E-state index < -0.39 is 33.2 Å². The van der Waals surface area contributed by atoms with Gasteiger partial charge in [0.1, 0.15) is 4.21 Å². The van der Waals surface area contributed by atoms with E-state index in [0.29, 0.717) is 20.5 Å². The van der Waals surface area contributed by atoms with Crippen LogP contribution in [0, 0.1) is 13.7 Å². The van der Waals surface area contributed by atoms with E-state index in [-0.39, 0.29) is 19.9 Å². The molecular formula is C18H12IN3O7S2. The summed E-state index contributed by atoms with van der Waals surface area (Å²) in [5.41, 5.74) is 0.0811. The van der Waals surface area contributed by atoms with Gasteiger partial charge in [0.05, 0.1) is 21.6 Å². The molecule has 13 heteroatoms. The lowest BCUT2D eigenvalue weighted by atomic mass is 10.2. The van der Waals surface area contributed by atoms with Crippen LogP contribution in [0.15, 0.2) is 63.8 Å². The third kappa shape index (κ3) is 5.42. The zero-order valence-electron chi connectivity index (χ0n) is 15.3. The maximum atomic E-state index is 12.6. The Bertz CT molecular complexity index is 1260. The lowest BCUT2D eigenvalue weighted by Crippen LogP contribution is -2.21. The fourth-order valence-corrected chi connectivity index (χ4v) is 5.35. The zero-order valence-corrected chi connectivity index (χ0v) is 19.1. The highest BCUT2D eigenvalue weighted by molar-refractivity contribution is 14.1. The fourth-order valence-electron chi connectivity index (χ4n) is 2.30. The van der Waals surface area contributed by atoms with E-state index in [1.165, 1.54) is 0 Å². The first kappa shape index (κ1) is 22.8. The van der Waals surface area contributed by atoms with Gasteiger partial charge < -0.3 is 4.74 Å². The molecule has 0 unspecified atom stereocenters. The Kier molecular flexibility index (Phi) is 6.97. The number of nitro groups is 1. The number of thiazole rings is 1. The zero-order chi connectivity index (χ0) is 22.6. The Labute approximate surface area is 193 Å². The van der Waals surface area contributed by atoms with Crippen LogP contribution < -0.4 is 5.32 Å². The van der Waals surface area contributed by atoms with Crippen molar-refractivity contribution in [1.82, 2.24) is 4.98 Å². The quantitative estimate of drug-likeness (QED) is 0.196. The summed E-state index contributed by atoms with van der Waals surface area (Å²) in [7, 11) is -3.97. The van der Waals surface area contributed by atoms with E-state index in [4.69, 9.17) is 4.74 Å². The van der Waals surface area contributed by atoms with Gasteiger partial charge in [-0.2, -0.15) is 0 Å². The molecule has 0 fully saturated rings. The fraction of sp³-hybridized carbons (Fsp3) is 0.0556. The minimum atomic E-state index is -3.97. The van der Waals surface area contributed by atoms with Crippen LogP contribution in [0.4, 0.5) is 10.8 Å². The van der Waals surface area contributed by atoms with E-state index in [1.54, 1.807) is 24.3 Å². The molecule has 3 rings (SSSR count). The lowest BCUT2D eigenvalue weighted by molar-refractivity contribution is -0.384. The number of anilines is 1. The topological polar surface area (TPSA) is 146 Å². The summed E-state index contributed by atoms with van der Waals surface area (Å²) >= 11 is 2.67. The number of nitro benzene ring substituents is 1. The summed E-state index contributed by atoms with van der Waals surface area (Å²) in [5.74, 6) is -1.35. The number of non-ortho nitro benzene ring substituents is 1. The van der Waals surface area contributed by atoms with Crippen LogP contribution in [-0.4, -0.2) is 36.8 Å². The summed E-state index contributed by atoms with van der Waals surface area (Å²) < 4.78 is 30.7. The number of hydrogen-bond donors (Lipinski definition) is 1. The first-order valence-corrected chi connectivity index (χ1v) is 11.7. The largest absolute Gasteiger partial charge is 0.452 e. The smallest absolute Gasteiger partial charge is 0.339 e. The van der Waals surface area contributed by atoms with Crippen molar-refractivity contribution in [2.24, 2.45) is 0 Å². The van der Waals surface area contributed by atoms with Crippen LogP contribution in [0.1, 0.15) is 10.4 Å². The summed E-state index contributed by atoms with van der Waals surface area (Å²) in [6.45, 7) is -0.576. The molecule has 0 radical (unpaired) electrons.